The number of esters is 2. The van der Waals surface area contributed by atoms with E-state index in [0.717, 1.165) is 0 Å². The number of phosphoric acid groups is 1. The lowest BCUT2D eigenvalue weighted by atomic mass is 10.1. The minimum absolute atomic E-state index is 0.00937. The lowest BCUT2D eigenvalue weighted by molar-refractivity contribution is -0.228. The molecule has 2 unspecified atom stereocenters. The van der Waals surface area contributed by atoms with Crippen LogP contribution in [0.2, 0.25) is 0 Å². The number of carbonyl (C=O) groups excluding carboxylic acids is 4. The number of rotatable bonds is 16. The molecule has 0 radical (unpaired) electrons. The highest BCUT2D eigenvalue weighted by Crippen LogP contribution is 2.38. The number of Topliss-reactive ketones (excluding diaryl/α,β-unsaturated/α-hetero) is 2. The van der Waals surface area contributed by atoms with Gasteiger partial charge in [-0.1, -0.05) is 20.8 Å². The Morgan fingerprint density at radius 2 is 1.54 bits per heavy atom. The maximum absolute atomic E-state index is 11.7. The molecule has 0 aliphatic heterocycles. The lowest BCUT2D eigenvalue weighted by Crippen LogP contribution is -2.30. The van der Waals surface area contributed by atoms with Crippen molar-refractivity contribution in [1.82, 2.24) is 0 Å². The molecule has 0 amide bonds. The topological polar surface area (TPSA) is 145 Å². The van der Waals surface area contributed by atoms with Crippen LogP contribution in [0.5, 0.6) is 0 Å². The third kappa shape index (κ3) is 13.5. The van der Waals surface area contributed by atoms with Gasteiger partial charge in [-0.3, -0.25) is 23.7 Å². The van der Waals surface area contributed by atoms with Gasteiger partial charge in [-0.15, -0.1) is 0 Å². The van der Waals surface area contributed by atoms with Gasteiger partial charge < -0.3 is 23.4 Å². The molecule has 0 bridgehead atoms. The van der Waals surface area contributed by atoms with E-state index >= 15 is 0 Å². The average molecular weight is 423 g/mol. The molecule has 0 saturated heterocycles. The molecule has 0 aliphatic rings. The largest absolute Gasteiger partial charge is 0.756 e. The van der Waals surface area contributed by atoms with E-state index in [4.69, 9.17) is 9.47 Å². The normalized spacial score (nSPS) is 14.0. The summed E-state index contributed by atoms with van der Waals surface area (Å²) in [4.78, 5) is 57.0. The molecule has 162 valence electrons. The van der Waals surface area contributed by atoms with E-state index in [1.165, 1.54) is 0 Å². The number of ether oxygens (including phenoxy) is 2. The summed E-state index contributed by atoms with van der Waals surface area (Å²) in [6.45, 7) is 3.56. The predicted molar refractivity (Wildman–Crippen MR) is 95.1 cm³/mol. The van der Waals surface area contributed by atoms with Gasteiger partial charge in [-0.2, -0.15) is 0 Å². The van der Waals surface area contributed by atoms with Gasteiger partial charge in [0, 0.05) is 25.7 Å². The second-order valence-corrected chi connectivity index (χ2v) is 7.20. The van der Waals surface area contributed by atoms with E-state index in [2.05, 4.69) is 9.05 Å². The minimum Gasteiger partial charge on any atom is -0.756 e. The molecule has 0 rings (SSSR count). The number of hydrogen-bond donors (Lipinski definition) is 0. The van der Waals surface area contributed by atoms with E-state index in [1.807, 2.05) is 0 Å². The summed E-state index contributed by atoms with van der Waals surface area (Å²) < 4.78 is 30.8. The first kappa shape index (κ1) is 26.4. The molecule has 0 spiro atoms. The van der Waals surface area contributed by atoms with Crippen molar-refractivity contribution in [1.29, 1.82) is 0 Å². The second kappa shape index (κ2) is 14.4. The fraction of sp³-hybridized carbons (Fsp3) is 0.765. The number of ketones is 2. The zero-order valence-electron chi connectivity index (χ0n) is 16.5. The average Bonchev–Trinajstić information content (AvgIpc) is 2.66. The number of hydrogen-bond acceptors (Lipinski definition) is 10. The van der Waals surface area contributed by atoms with Crippen LogP contribution in [-0.4, -0.2) is 49.4 Å². The van der Waals surface area contributed by atoms with Crippen LogP contribution >= 0.6 is 7.82 Å². The summed E-state index contributed by atoms with van der Waals surface area (Å²) in [6, 6.07) is 0. The van der Waals surface area contributed by atoms with E-state index in [0.29, 0.717) is 0 Å². The molecule has 0 aromatic heterocycles. The Morgan fingerprint density at radius 3 is 2.11 bits per heavy atom. The van der Waals surface area contributed by atoms with Crippen molar-refractivity contribution in [2.45, 2.75) is 65.4 Å². The summed E-state index contributed by atoms with van der Waals surface area (Å²) >= 11 is 0. The zero-order valence-corrected chi connectivity index (χ0v) is 17.4. The van der Waals surface area contributed by atoms with Gasteiger partial charge in [0.1, 0.15) is 18.2 Å². The SMILES string of the molecule is CCC(=O)CC(=O)CCCOP(=O)([O-])OCC(COC(=O)CC)OC(=O)CC. The van der Waals surface area contributed by atoms with Crippen LogP contribution in [0, 0.1) is 0 Å². The fourth-order valence-electron chi connectivity index (χ4n) is 1.76. The number of phosphoric ester groups is 1. The standard InChI is InChI=1S/C17H29O10P/c1-4-13(18)10-14(19)8-7-9-25-28(22,23)26-12-15(27-17(21)6-3)11-24-16(20)5-2/h15H,4-12H2,1-3H3,(H,22,23)/p-1. The second-order valence-electron chi connectivity index (χ2n) is 5.79. The van der Waals surface area contributed by atoms with Crippen LogP contribution in [0.15, 0.2) is 0 Å². The van der Waals surface area contributed by atoms with Gasteiger partial charge in [-0.05, 0) is 6.42 Å². The Labute approximate surface area is 164 Å². The van der Waals surface area contributed by atoms with Crippen LogP contribution in [0.3, 0.4) is 0 Å². The van der Waals surface area contributed by atoms with Gasteiger partial charge in [0.2, 0.25) is 0 Å². The van der Waals surface area contributed by atoms with Gasteiger partial charge in [0.05, 0.1) is 19.6 Å². The molecule has 0 saturated carbocycles. The molecule has 0 fully saturated rings. The van der Waals surface area contributed by atoms with Crippen LogP contribution < -0.4 is 4.89 Å². The lowest BCUT2D eigenvalue weighted by Gasteiger charge is -2.25. The molecular weight excluding hydrogens is 395 g/mol. The molecular formula is C17H28O10P-. The molecule has 0 aromatic rings. The van der Waals surface area contributed by atoms with E-state index < -0.39 is 32.5 Å². The first-order valence-electron chi connectivity index (χ1n) is 9.12. The summed E-state index contributed by atoms with van der Waals surface area (Å²) in [5.41, 5.74) is 0. The van der Waals surface area contributed by atoms with Crippen LogP contribution in [0.4, 0.5) is 0 Å². The Morgan fingerprint density at radius 1 is 0.893 bits per heavy atom. The molecule has 0 aromatic carbocycles. The first-order chi connectivity index (χ1) is 13.1. The van der Waals surface area contributed by atoms with Gasteiger partial charge in [0.25, 0.3) is 7.82 Å². The minimum atomic E-state index is -4.71. The summed E-state index contributed by atoms with van der Waals surface area (Å²) in [5.74, 6) is -1.62. The molecule has 0 heterocycles. The smallest absolute Gasteiger partial charge is 0.305 e. The molecule has 10 nitrogen and oxygen atoms in total. The fourth-order valence-corrected chi connectivity index (χ4v) is 2.54. The van der Waals surface area contributed by atoms with Gasteiger partial charge >= 0.3 is 11.9 Å². The predicted octanol–water partition coefficient (Wildman–Crippen LogP) is 1.48. The van der Waals surface area contributed by atoms with Crippen molar-refractivity contribution in [3.8, 4) is 0 Å². The first-order valence-corrected chi connectivity index (χ1v) is 10.6. The maximum Gasteiger partial charge on any atom is 0.305 e. The molecule has 11 heteroatoms. The van der Waals surface area contributed by atoms with E-state index in [1.54, 1.807) is 20.8 Å². The Kier molecular flexibility index (Phi) is 13.6. The van der Waals surface area contributed by atoms with E-state index in [-0.39, 0.29) is 63.3 Å². The molecule has 0 aliphatic carbocycles. The van der Waals surface area contributed by atoms with Crippen molar-refractivity contribution in [3.63, 3.8) is 0 Å². The maximum atomic E-state index is 11.7. The Bertz CT molecular complexity index is 574. The zero-order chi connectivity index (χ0) is 21.6. The highest BCUT2D eigenvalue weighted by Gasteiger charge is 2.20. The van der Waals surface area contributed by atoms with Gasteiger partial charge in [-0.25, -0.2) is 0 Å². The molecule has 28 heavy (non-hydrogen) atoms. The van der Waals surface area contributed by atoms with Crippen molar-refractivity contribution in [3.05, 3.63) is 0 Å². The van der Waals surface area contributed by atoms with Crippen LogP contribution in [0.25, 0.3) is 0 Å². The quantitative estimate of drug-likeness (QED) is 0.155. The monoisotopic (exact) mass is 423 g/mol. The van der Waals surface area contributed by atoms with Crippen molar-refractivity contribution >= 4 is 31.3 Å². The highest BCUT2D eigenvalue weighted by molar-refractivity contribution is 7.45. The highest BCUT2D eigenvalue weighted by atomic mass is 31.2. The van der Waals surface area contributed by atoms with Gasteiger partial charge in [0.15, 0.2) is 6.10 Å². The summed E-state index contributed by atoms with van der Waals surface area (Å²) in [5, 5.41) is 0. The third-order valence-electron chi connectivity index (χ3n) is 3.36. The Hall–Kier alpha value is -1.61. The molecule has 0 N–H and O–H groups in total. The summed E-state index contributed by atoms with van der Waals surface area (Å²) in [6.07, 6.45) is -0.732. The van der Waals surface area contributed by atoms with Crippen molar-refractivity contribution < 1.29 is 47.2 Å². The Balaban J connectivity index is 4.35. The van der Waals surface area contributed by atoms with Crippen molar-refractivity contribution in [2.24, 2.45) is 0 Å². The third-order valence-corrected chi connectivity index (χ3v) is 4.33. The van der Waals surface area contributed by atoms with Crippen LogP contribution in [-0.2, 0) is 42.3 Å². The van der Waals surface area contributed by atoms with E-state index in [9.17, 15) is 28.6 Å². The summed E-state index contributed by atoms with van der Waals surface area (Å²) in [7, 11) is -4.71. The number of carbonyl (C=O) groups is 4. The van der Waals surface area contributed by atoms with Crippen LogP contribution in [0.1, 0.15) is 59.3 Å². The van der Waals surface area contributed by atoms with Crippen molar-refractivity contribution in [2.75, 3.05) is 19.8 Å². The molecule has 2 atom stereocenters.